The minimum atomic E-state index is 0.0485. The van der Waals surface area contributed by atoms with E-state index in [0.717, 1.165) is 25.9 Å². The van der Waals surface area contributed by atoms with Crippen LogP contribution in [0.5, 0.6) is 0 Å². The lowest BCUT2D eigenvalue weighted by Gasteiger charge is -2.43. The van der Waals surface area contributed by atoms with Crippen molar-refractivity contribution in [1.82, 2.24) is 20.7 Å². The van der Waals surface area contributed by atoms with E-state index >= 15 is 0 Å². The first kappa shape index (κ1) is 14.3. The molecule has 2 N–H and O–H groups in total. The van der Waals surface area contributed by atoms with Crippen molar-refractivity contribution in [3.63, 3.8) is 0 Å². The molecule has 0 bridgehead atoms. The molecule has 0 aromatic rings. The minimum absolute atomic E-state index is 0.0485. The van der Waals surface area contributed by atoms with Gasteiger partial charge in [0.25, 0.3) is 0 Å². The molecule has 0 unspecified atom stereocenters. The van der Waals surface area contributed by atoms with Gasteiger partial charge in [0.1, 0.15) is 0 Å². The number of likely N-dealkylation sites (N-methyl/N-ethyl adjacent to an activating group) is 1. The maximum Gasteiger partial charge on any atom is 0.0820 e. The zero-order valence-electron chi connectivity index (χ0n) is 13.0. The van der Waals surface area contributed by atoms with Gasteiger partial charge in [0.2, 0.25) is 0 Å². The highest BCUT2D eigenvalue weighted by atomic mass is 15.5. The highest BCUT2D eigenvalue weighted by Crippen LogP contribution is 2.30. The molecule has 1 saturated heterocycles. The van der Waals surface area contributed by atoms with Gasteiger partial charge in [-0.3, -0.25) is 5.01 Å². The van der Waals surface area contributed by atoms with Crippen LogP contribution in [-0.4, -0.2) is 41.6 Å². The Bertz CT molecular complexity index is 491. The van der Waals surface area contributed by atoms with Crippen LogP contribution in [0.3, 0.4) is 0 Å². The first-order chi connectivity index (χ1) is 10.3. The van der Waals surface area contributed by atoms with Crippen LogP contribution in [0.1, 0.15) is 26.2 Å². The van der Waals surface area contributed by atoms with Gasteiger partial charge in [0.05, 0.1) is 11.2 Å². The average molecular weight is 286 g/mol. The second-order valence-electron chi connectivity index (χ2n) is 6.06. The monoisotopic (exact) mass is 286 g/mol. The van der Waals surface area contributed by atoms with E-state index < -0.39 is 0 Å². The Hall–Kier alpha value is -1.68. The molecule has 0 aromatic carbocycles. The third-order valence-electron chi connectivity index (χ3n) is 4.91. The van der Waals surface area contributed by atoms with Crippen LogP contribution < -0.4 is 10.7 Å². The Morgan fingerprint density at radius 2 is 2.33 bits per heavy atom. The van der Waals surface area contributed by atoms with Crippen LogP contribution in [0.25, 0.3) is 0 Å². The van der Waals surface area contributed by atoms with Gasteiger partial charge >= 0.3 is 0 Å². The average Bonchev–Trinajstić information content (AvgIpc) is 3.05. The van der Waals surface area contributed by atoms with Crippen molar-refractivity contribution in [1.29, 1.82) is 0 Å². The third-order valence-corrected chi connectivity index (χ3v) is 4.91. The minimum Gasteiger partial charge on any atom is -0.369 e. The Kier molecular flexibility index (Phi) is 4.06. The van der Waals surface area contributed by atoms with Crippen molar-refractivity contribution in [2.45, 2.75) is 37.8 Å². The fourth-order valence-corrected chi connectivity index (χ4v) is 3.35. The molecule has 2 aliphatic heterocycles. The molecule has 4 nitrogen and oxygen atoms in total. The number of rotatable bonds is 4. The molecule has 1 aliphatic carbocycles. The second-order valence-corrected chi connectivity index (χ2v) is 6.06. The number of allylic oxidation sites excluding steroid dienone is 3. The lowest BCUT2D eigenvalue weighted by molar-refractivity contribution is 0.141. The molecule has 0 saturated carbocycles. The third kappa shape index (κ3) is 2.72. The van der Waals surface area contributed by atoms with Gasteiger partial charge in [0, 0.05) is 31.5 Å². The van der Waals surface area contributed by atoms with Crippen molar-refractivity contribution in [3.8, 4) is 0 Å². The lowest BCUT2D eigenvalue weighted by atomic mass is 9.88. The first-order valence-corrected chi connectivity index (χ1v) is 7.98. The Balaban J connectivity index is 1.77. The van der Waals surface area contributed by atoms with Gasteiger partial charge in [-0.2, -0.15) is 0 Å². The van der Waals surface area contributed by atoms with Crippen molar-refractivity contribution >= 4 is 0 Å². The van der Waals surface area contributed by atoms with E-state index in [9.17, 15) is 0 Å². The largest absolute Gasteiger partial charge is 0.369 e. The molecule has 0 spiro atoms. The van der Waals surface area contributed by atoms with Gasteiger partial charge in [-0.15, -0.1) is 0 Å². The Morgan fingerprint density at radius 1 is 1.43 bits per heavy atom. The van der Waals surface area contributed by atoms with Crippen LogP contribution >= 0.6 is 0 Å². The molecule has 3 rings (SSSR count). The fourth-order valence-electron chi connectivity index (χ4n) is 3.35. The number of hydrogen-bond donors (Lipinski definition) is 2. The zero-order valence-corrected chi connectivity index (χ0v) is 13.0. The molecule has 2 heterocycles. The molecule has 21 heavy (non-hydrogen) atoms. The molecule has 4 heteroatoms. The summed E-state index contributed by atoms with van der Waals surface area (Å²) >= 11 is 0. The molecular formula is C17H26N4. The maximum absolute atomic E-state index is 3.41. The van der Waals surface area contributed by atoms with E-state index in [4.69, 9.17) is 0 Å². The highest BCUT2D eigenvalue weighted by molar-refractivity contribution is 5.27. The number of likely N-dealkylation sites (tertiary alicyclic amines) is 1. The van der Waals surface area contributed by atoms with E-state index in [2.05, 4.69) is 77.4 Å². The van der Waals surface area contributed by atoms with Gasteiger partial charge < -0.3 is 15.6 Å². The van der Waals surface area contributed by atoms with Crippen molar-refractivity contribution in [3.05, 3.63) is 48.5 Å². The molecule has 114 valence electrons. The van der Waals surface area contributed by atoms with Crippen molar-refractivity contribution < 1.29 is 0 Å². The summed E-state index contributed by atoms with van der Waals surface area (Å²) in [5.74, 6) is 0. The quantitative estimate of drug-likeness (QED) is 0.829. The van der Waals surface area contributed by atoms with Gasteiger partial charge in [-0.25, -0.2) is 0 Å². The number of hydrogen-bond acceptors (Lipinski definition) is 4. The van der Waals surface area contributed by atoms with E-state index in [-0.39, 0.29) is 5.54 Å². The molecule has 0 aromatic heterocycles. The molecule has 0 radical (unpaired) electrons. The van der Waals surface area contributed by atoms with Crippen LogP contribution in [0.15, 0.2) is 48.5 Å². The topological polar surface area (TPSA) is 30.5 Å². The maximum atomic E-state index is 3.41. The summed E-state index contributed by atoms with van der Waals surface area (Å²) < 4.78 is 0. The van der Waals surface area contributed by atoms with Gasteiger partial charge in [0.15, 0.2) is 0 Å². The van der Waals surface area contributed by atoms with Gasteiger partial charge in [-0.1, -0.05) is 31.2 Å². The Labute approximate surface area is 127 Å². The molecule has 0 amide bonds. The zero-order chi connectivity index (χ0) is 14.7. The number of hydrazine groups is 1. The van der Waals surface area contributed by atoms with Crippen molar-refractivity contribution in [2.24, 2.45) is 0 Å². The fraction of sp³-hybridized carbons (Fsp3) is 0.529. The summed E-state index contributed by atoms with van der Waals surface area (Å²) in [7, 11) is 2.05. The standard InChI is InChI=1S/C17H26N4/c1-3-17(9-5-4-6-10-17)21-14-16(7-11-19-21)20-12-8-15(13-20)18-2/h4-7,9,11,14-15,18-19H,3,8,10,12-13H2,1-2H3/t15-,17+/m1/s1. The predicted octanol–water partition coefficient (Wildman–Crippen LogP) is 2.12. The van der Waals surface area contributed by atoms with E-state index in [1.54, 1.807) is 0 Å². The summed E-state index contributed by atoms with van der Waals surface area (Å²) in [6, 6.07) is 0.611. The predicted molar refractivity (Wildman–Crippen MR) is 87.2 cm³/mol. The van der Waals surface area contributed by atoms with Crippen LogP contribution in [0.2, 0.25) is 0 Å². The van der Waals surface area contributed by atoms with Crippen LogP contribution in [-0.2, 0) is 0 Å². The van der Waals surface area contributed by atoms with E-state index in [1.165, 1.54) is 12.1 Å². The summed E-state index contributed by atoms with van der Waals surface area (Å²) in [5.41, 5.74) is 4.76. The van der Waals surface area contributed by atoms with Crippen LogP contribution in [0, 0.1) is 0 Å². The van der Waals surface area contributed by atoms with Crippen LogP contribution in [0.4, 0.5) is 0 Å². The number of nitrogens with zero attached hydrogens (tertiary/aromatic N) is 2. The summed E-state index contributed by atoms with van der Waals surface area (Å²) in [6.45, 7) is 4.48. The summed E-state index contributed by atoms with van der Waals surface area (Å²) in [5, 5.41) is 5.66. The molecule has 3 aliphatic rings. The SMILES string of the molecule is CC[C@]1(N2C=C(N3CC[C@@H](NC)C3)C=CN2)C=CC=CC1. The molecular weight excluding hydrogens is 260 g/mol. The highest BCUT2D eigenvalue weighted by Gasteiger charge is 2.33. The van der Waals surface area contributed by atoms with Gasteiger partial charge in [-0.05, 0) is 32.4 Å². The molecule has 2 atom stereocenters. The molecule has 1 fully saturated rings. The van der Waals surface area contributed by atoms with E-state index in [1.807, 2.05) is 0 Å². The first-order valence-electron chi connectivity index (χ1n) is 7.98. The van der Waals surface area contributed by atoms with E-state index in [0.29, 0.717) is 6.04 Å². The normalized spacial score (nSPS) is 31.5. The Morgan fingerprint density at radius 3 is 3.00 bits per heavy atom. The summed E-state index contributed by atoms with van der Waals surface area (Å²) in [4.78, 5) is 2.47. The lowest BCUT2D eigenvalue weighted by Crippen LogP contribution is -2.51. The smallest absolute Gasteiger partial charge is 0.0820 e. The second kappa shape index (κ2) is 5.98. The summed E-state index contributed by atoms with van der Waals surface area (Å²) in [6.07, 6.45) is 18.7. The van der Waals surface area contributed by atoms with Crippen molar-refractivity contribution in [2.75, 3.05) is 20.1 Å². The number of nitrogens with one attached hydrogen (secondary N) is 2.